The first kappa shape index (κ1) is 14.3. The number of carbonyl (C=O) groups excluding carboxylic acids is 1. The van der Waals surface area contributed by atoms with E-state index in [4.69, 9.17) is 0 Å². The molecule has 0 saturated carbocycles. The molecule has 0 aliphatic heterocycles. The van der Waals surface area contributed by atoms with Crippen LogP contribution in [0, 0.1) is 5.82 Å². The van der Waals surface area contributed by atoms with Crippen LogP contribution in [-0.4, -0.2) is 10.9 Å². The molecule has 1 aromatic carbocycles. The number of aliphatic hydroxyl groups excluding tert-OH is 1. The van der Waals surface area contributed by atoms with E-state index >= 15 is 0 Å². The van der Waals surface area contributed by atoms with Crippen molar-refractivity contribution in [1.29, 1.82) is 0 Å². The van der Waals surface area contributed by atoms with E-state index in [2.05, 4.69) is 0 Å². The molecule has 1 N–H and O–H groups in total. The van der Waals surface area contributed by atoms with Gasteiger partial charge < -0.3 is 5.11 Å². The second kappa shape index (κ2) is 6.85. The molecule has 2 nitrogen and oxygen atoms in total. The topological polar surface area (TPSA) is 37.3 Å². The van der Waals surface area contributed by atoms with Crippen molar-refractivity contribution in [3.63, 3.8) is 0 Å². The Morgan fingerprint density at radius 1 is 1.05 bits per heavy atom. The third-order valence-electron chi connectivity index (χ3n) is 3.24. The van der Waals surface area contributed by atoms with Crippen molar-refractivity contribution < 1.29 is 14.3 Å². The number of carbonyl (C=O) groups is 1. The van der Waals surface area contributed by atoms with Crippen molar-refractivity contribution >= 4 is 5.78 Å². The maximum atomic E-state index is 13.4. The fourth-order valence-electron chi connectivity index (χ4n) is 2.11. The maximum Gasteiger partial charge on any atom is 0.165 e. The van der Waals surface area contributed by atoms with E-state index in [-0.39, 0.29) is 11.3 Å². The number of Topliss-reactive ketones (excluding diaryl/α,β-unsaturated/α-hetero) is 1. The Kier molecular flexibility index (Phi) is 4.88. The van der Waals surface area contributed by atoms with Crippen LogP contribution in [0.2, 0.25) is 0 Å². The summed E-state index contributed by atoms with van der Waals surface area (Å²) in [6.07, 6.45) is 9.61. The predicted molar refractivity (Wildman–Crippen MR) is 77.1 cm³/mol. The molecular formula is C17H17FO2. The summed E-state index contributed by atoms with van der Waals surface area (Å²) in [6.45, 7) is 0. The molecule has 0 atom stereocenters. The molecule has 20 heavy (non-hydrogen) atoms. The van der Waals surface area contributed by atoms with E-state index in [1.807, 2.05) is 24.3 Å². The van der Waals surface area contributed by atoms with Crippen molar-refractivity contribution in [2.45, 2.75) is 25.7 Å². The first-order chi connectivity index (χ1) is 9.68. The lowest BCUT2D eigenvalue weighted by atomic mass is 10.0. The zero-order chi connectivity index (χ0) is 14.4. The Hall–Kier alpha value is -2.16. The Bertz CT molecular complexity index is 568. The van der Waals surface area contributed by atoms with Crippen LogP contribution in [0.15, 0.2) is 59.9 Å². The van der Waals surface area contributed by atoms with Crippen LogP contribution in [0.25, 0.3) is 0 Å². The van der Waals surface area contributed by atoms with Gasteiger partial charge in [0, 0.05) is 18.4 Å². The SMILES string of the molecule is O=C(CCCCC(O)=C1C=CC=C1)c1ccccc1F. The number of rotatable bonds is 6. The second-order valence-electron chi connectivity index (χ2n) is 4.73. The highest BCUT2D eigenvalue weighted by Crippen LogP contribution is 2.18. The molecule has 0 unspecified atom stereocenters. The average molecular weight is 272 g/mol. The summed E-state index contributed by atoms with van der Waals surface area (Å²) >= 11 is 0. The van der Waals surface area contributed by atoms with Crippen molar-refractivity contribution in [2.24, 2.45) is 0 Å². The maximum absolute atomic E-state index is 13.4. The van der Waals surface area contributed by atoms with Gasteiger partial charge in [-0.2, -0.15) is 0 Å². The molecular weight excluding hydrogens is 255 g/mol. The van der Waals surface area contributed by atoms with Crippen molar-refractivity contribution in [2.75, 3.05) is 0 Å². The molecule has 2 rings (SSSR count). The number of ketones is 1. The van der Waals surface area contributed by atoms with Crippen molar-refractivity contribution in [1.82, 2.24) is 0 Å². The first-order valence-corrected chi connectivity index (χ1v) is 6.73. The lowest BCUT2D eigenvalue weighted by molar-refractivity contribution is 0.0975. The van der Waals surface area contributed by atoms with Crippen LogP contribution in [-0.2, 0) is 0 Å². The Morgan fingerprint density at radius 2 is 1.70 bits per heavy atom. The molecule has 0 radical (unpaired) electrons. The smallest absolute Gasteiger partial charge is 0.165 e. The molecule has 0 spiro atoms. The minimum absolute atomic E-state index is 0.150. The summed E-state index contributed by atoms with van der Waals surface area (Å²) in [7, 11) is 0. The van der Waals surface area contributed by atoms with Gasteiger partial charge in [0.25, 0.3) is 0 Å². The molecule has 0 saturated heterocycles. The highest BCUT2D eigenvalue weighted by Gasteiger charge is 2.10. The molecule has 3 heteroatoms. The monoisotopic (exact) mass is 272 g/mol. The lowest BCUT2D eigenvalue weighted by Gasteiger charge is -2.04. The van der Waals surface area contributed by atoms with Crippen LogP contribution in [0.1, 0.15) is 36.0 Å². The van der Waals surface area contributed by atoms with Crippen LogP contribution in [0.3, 0.4) is 0 Å². The summed E-state index contributed by atoms with van der Waals surface area (Å²) in [6, 6.07) is 6.03. The van der Waals surface area contributed by atoms with Gasteiger partial charge in [-0.25, -0.2) is 4.39 Å². The zero-order valence-electron chi connectivity index (χ0n) is 11.2. The largest absolute Gasteiger partial charge is 0.512 e. The van der Waals surface area contributed by atoms with E-state index in [1.165, 1.54) is 12.1 Å². The van der Waals surface area contributed by atoms with Gasteiger partial charge in [0.2, 0.25) is 0 Å². The first-order valence-electron chi connectivity index (χ1n) is 6.73. The molecule has 0 bridgehead atoms. The summed E-state index contributed by atoms with van der Waals surface area (Å²) in [5, 5.41) is 9.81. The van der Waals surface area contributed by atoms with Crippen LogP contribution < -0.4 is 0 Å². The molecule has 0 aromatic heterocycles. The van der Waals surface area contributed by atoms with Crippen molar-refractivity contribution in [3.05, 3.63) is 71.3 Å². The zero-order valence-corrected chi connectivity index (χ0v) is 11.2. The third kappa shape index (κ3) is 3.67. The summed E-state index contributed by atoms with van der Waals surface area (Å²) in [5.41, 5.74) is 0.974. The third-order valence-corrected chi connectivity index (χ3v) is 3.24. The molecule has 104 valence electrons. The van der Waals surface area contributed by atoms with E-state index in [9.17, 15) is 14.3 Å². The number of halogens is 1. The Morgan fingerprint density at radius 3 is 2.40 bits per heavy atom. The normalized spacial score (nSPS) is 12.9. The Labute approximate surface area is 117 Å². The molecule has 1 aliphatic rings. The number of hydrogen-bond acceptors (Lipinski definition) is 2. The van der Waals surface area contributed by atoms with Gasteiger partial charge in [0.15, 0.2) is 5.78 Å². The highest BCUT2D eigenvalue weighted by molar-refractivity contribution is 5.96. The number of aliphatic hydroxyl groups is 1. The average Bonchev–Trinajstić information content (AvgIpc) is 2.98. The molecule has 0 fully saturated rings. The van der Waals surface area contributed by atoms with Gasteiger partial charge in [0.1, 0.15) is 5.82 Å². The van der Waals surface area contributed by atoms with Gasteiger partial charge in [-0.15, -0.1) is 0 Å². The second-order valence-corrected chi connectivity index (χ2v) is 4.73. The van der Waals surface area contributed by atoms with E-state index < -0.39 is 5.82 Å². The van der Waals surface area contributed by atoms with E-state index in [1.54, 1.807) is 12.1 Å². The minimum atomic E-state index is -0.469. The molecule has 0 amide bonds. The highest BCUT2D eigenvalue weighted by atomic mass is 19.1. The minimum Gasteiger partial charge on any atom is -0.512 e. The summed E-state index contributed by atoms with van der Waals surface area (Å²) in [5.74, 6) is -0.312. The number of unbranched alkanes of at least 4 members (excludes halogenated alkanes) is 1. The van der Waals surface area contributed by atoms with E-state index in [0.717, 1.165) is 5.57 Å². The standard InChI is InChI=1S/C17H17FO2/c18-15-10-4-3-9-14(15)17(20)12-6-5-11-16(19)13-7-1-2-8-13/h1-4,7-10,19H,5-6,11-12H2. The number of allylic oxidation sites excluding steroid dienone is 6. The van der Waals surface area contributed by atoms with Crippen molar-refractivity contribution in [3.8, 4) is 0 Å². The van der Waals surface area contributed by atoms with Crippen LogP contribution in [0.4, 0.5) is 4.39 Å². The quantitative estimate of drug-likeness (QED) is 0.470. The Balaban J connectivity index is 1.78. The number of hydrogen-bond donors (Lipinski definition) is 1. The van der Waals surface area contributed by atoms with Crippen LogP contribution in [0.5, 0.6) is 0 Å². The van der Waals surface area contributed by atoms with Gasteiger partial charge in [-0.3, -0.25) is 4.79 Å². The predicted octanol–water partition coefficient (Wildman–Crippen LogP) is 4.51. The summed E-state index contributed by atoms with van der Waals surface area (Å²) < 4.78 is 13.4. The van der Waals surface area contributed by atoms with Crippen LogP contribution >= 0.6 is 0 Å². The lowest BCUT2D eigenvalue weighted by Crippen LogP contribution is -2.02. The number of benzene rings is 1. The van der Waals surface area contributed by atoms with Gasteiger partial charge in [-0.05, 0) is 25.0 Å². The fraction of sp³-hybridized carbons (Fsp3) is 0.235. The summed E-state index contributed by atoms with van der Waals surface area (Å²) in [4.78, 5) is 11.8. The van der Waals surface area contributed by atoms with Gasteiger partial charge >= 0.3 is 0 Å². The fourth-order valence-corrected chi connectivity index (χ4v) is 2.11. The molecule has 1 aliphatic carbocycles. The van der Waals surface area contributed by atoms with Gasteiger partial charge in [-0.1, -0.05) is 36.4 Å². The van der Waals surface area contributed by atoms with E-state index in [0.29, 0.717) is 31.4 Å². The molecule has 1 aromatic rings. The van der Waals surface area contributed by atoms with Gasteiger partial charge in [0.05, 0.1) is 11.3 Å². The molecule has 0 heterocycles.